The van der Waals surface area contributed by atoms with Gasteiger partial charge in [0.25, 0.3) is 0 Å². The standard InChI is InChI=1S/C25H32Cl2N2O2/c1-5-17(3)28-25(31)18(4)29(16-21-22(26)8-7-9-23(21)27)24(30)15-14-20-12-10-19(6-2)11-13-20/h7-13,17-18H,5-6,14-16H2,1-4H3,(H,28,31)/t17-,18+/m1/s1. The lowest BCUT2D eigenvalue weighted by Gasteiger charge is -2.30. The van der Waals surface area contributed by atoms with Crippen LogP contribution >= 0.6 is 23.2 Å². The van der Waals surface area contributed by atoms with E-state index in [2.05, 4.69) is 36.5 Å². The van der Waals surface area contributed by atoms with Gasteiger partial charge in [0.2, 0.25) is 11.8 Å². The maximum Gasteiger partial charge on any atom is 0.242 e. The van der Waals surface area contributed by atoms with Gasteiger partial charge in [0.15, 0.2) is 0 Å². The first kappa shape index (κ1) is 25.2. The van der Waals surface area contributed by atoms with E-state index in [0.29, 0.717) is 28.5 Å². The molecule has 0 bridgehead atoms. The van der Waals surface area contributed by atoms with Gasteiger partial charge < -0.3 is 10.2 Å². The maximum absolute atomic E-state index is 13.2. The van der Waals surface area contributed by atoms with E-state index in [1.165, 1.54) is 5.56 Å². The molecule has 31 heavy (non-hydrogen) atoms. The van der Waals surface area contributed by atoms with Crippen LogP contribution in [0.15, 0.2) is 42.5 Å². The molecule has 1 N–H and O–H groups in total. The SMILES string of the molecule is CCc1ccc(CCC(=O)N(Cc2c(Cl)cccc2Cl)[C@@H](C)C(=O)N[C@H](C)CC)cc1. The second-order valence-electron chi connectivity index (χ2n) is 7.89. The molecule has 2 rings (SSSR count). The summed E-state index contributed by atoms with van der Waals surface area (Å²) in [5, 5.41) is 3.93. The van der Waals surface area contributed by atoms with Crippen molar-refractivity contribution in [3.8, 4) is 0 Å². The molecular formula is C25H32Cl2N2O2. The molecule has 0 aliphatic carbocycles. The Balaban J connectivity index is 2.20. The molecule has 0 fully saturated rings. The number of nitrogens with one attached hydrogen (secondary N) is 1. The molecular weight excluding hydrogens is 431 g/mol. The van der Waals surface area contributed by atoms with Crippen LogP contribution in [0.4, 0.5) is 0 Å². The van der Waals surface area contributed by atoms with Crippen LogP contribution in [0.2, 0.25) is 10.0 Å². The third-order valence-corrected chi connectivity index (χ3v) is 6.33. The average Bonchev–Trinajstić information content (AvgIpc) is 2.77. The average molecular weight is 463 g/mol. The van der Waals surface area contributed by atoms with E-state index in [-0.39, 0.29) is 24.4 Å². The van der Waals surface area contributed by atoms with Crippen molar-refractivity contribution in [3.63, 3.8) is 0 Å². The number of halogens is 2. The number of hydrogen-bond donors (Lipinski definition) is 1. The Morgan fingerprint density at radius 2 is 1.55 bits per heavy atom. The molecule has 0 saturated heterocycles. The van der Waals surface area contributed by atoms with E-state index < -0.39 is 6.04 Å². The zero-order valence-corrected chi connectivity index (χ0v) is 20.3. The lowest BCUT2D eigenvalue weighted by Crippen LogP contribution is -2.49. The van der Waals surface area contributed by atoms with Crippen molar-refractivity contribution < 1.29 is 9.59 Å². The number of carbonyl (C=O) groups is 2. The number of aryl methyl sites for hydroxylation is 2. The molecule has 2 atom stereocenters. The van der Waals surface area contributed by atoms with Crippen LogP contribution in [0.5, 0.6) is 0 Å². The molecule has 0 spiro atoms. The van der Waals surface area contributed by atoms with Crippen molar-refractivity contribution in [2.45, 2.75) is 72.0 Å². The molecule has 0 aliphatic heterocycles. The summed E-state index contributed by atoms with van der Waals surface area (Å²) in [6.45, 7) is 7.99. The molecule has 168 valence electrons. The molecule has 0 aromatic heterocycles. The number of amides is 2. The Hall–Kier alpha value is -2.04. The first-order valence-corrected chi connectivity index (χ1v) is 11.6. The molecule has 4 nitrogen and oxygen atoms in total. The third-order valence-electron chi connectivity index (χ3n) is 5.62. The van der Waals surface area contributed by atoms with Gasteiger partial charge >= 0.3 is 0 Å². The van der Waals surface area contributed by atoms with Crippen LogP contribution in [0.25, 0.3) is 0 Å². The number of carbonyl (C=O) groups excluding carboxylic acids is 2. The Labute approximate surface area is 195 Å². The quantitative estimate of drug-likeness (QED) is 0.483. The van der Waals surface area contributed by atoms with Gasteiger partial charge in [-0.1, -0.05) is 67.4 Å². The van der Waals surface area contributed by atoms with Crippen molar-refractivity contribution in [1.82, 2.24) is 10.2 Å². The van der Waals surface area contributed by atoms with Gasteiger partial charge in [0.05, 0.1) is 0 Å². The highest BCUT2D eigenvalue weighted by Crippen LogP contribution is 2.27. The molecule has 0 aliphatic rings. The molecule has 6 heteroatoms. The summed E-state index contributed by atoms with van der Waals surface area (Å²) in [6.07, 6.45) is 2.70. The largest absolute Gasteiger partial charge is 0.352 e. The molecule has 2 amide bonds. The van der Waals surface area contributed by atoms with Gasteiger partial charge in [-0.2, -0.15) is 0 Å². The summed E-state index contributed by atoms with van der Waals surface area (Å²) in [5.74, 6) is -0.291. The first-order valence-electron chi connectivity index (χ1n) is 10.9. The molecule has 0 radical (unpaired) electrons. The zero-order valence-electron chi connectivity index (χ0n) is 18.8. The third kappa shape index (κ3) is 7.26. The summed E-state index contributed by atoms with van der Waals surface area (Å²) in [5.41, 5.74) is 3.01. The van der Waals surface area contributed by atoms with E-state index in [1.54, 1.807) is 30.0 Å². The van der Waals surface area contributed by atoms with E-state index in [0.717, 1.165) is 18.4 Å². The van der Waals surface area contributed by atoms with E-state index in [4.69, 9.17) is 23.2 Å². The topological polar surface area (TPSA) is 49.4 Å². The zero-order chi connectivity index (χ0) is 23.0. The predicted octanol–water partition coefficient (Wildman–Crippen LogP) is 5.82. The van der Waals surface area contributed by atoms with Crippen molar-refractivity contribution in [2.24, 2.45) is 0 Å². The molecule has 2 aromatic carbocycles. The molecule has 0 saturated carbocycles. The second-order valence-corrected chi connectivity index (χ2v) is 8.70. The molecule has 0 heterocycles. The van der Waals surface area contributed by atoms with Crippen molar-refractivity contribution in [2.75, 3.05) is 0 Å². The van der Waals surface area contributed by atoms with Gasteiger partial charge in [-0.3, -0.25) is 9.59 Å². The van der Waals surface area contributed by atoms with Crippen LogP contribution in [0.3, 0.4) is 0 Å². The van der Waals surface area contributed by atoms with E-state index in [1.807, 2.05) is 13.8 Å². The van der Waals surface area contributed by atoms with Crippen molar-refractivity contribution in [1.29, 1.82) is 0 Å². The highest BCUT2D eigenvalue weighted by Gasteiger charge is 2.27. The fourth-order valence-corrected chi connectivity index (χ4v) is 3.76. The van der Waals surface area contributed by atoms with Crippen LogP contribution in [-0.4, -0.2) is 28.8 Å². The van der Waals surface area contributed by atoms with Crippen LogP contribution in [0, 0.1) is 0 Å². The maximum atomic E-state index is 13.2. The summed E-state index contributed by atoms with van der Waals surface area (Å²) in [7, 11) is 0. The summed E-state index contributed by atoms with van der Waals surface area (Å²) >= 11 is 12.7. The smallest absolute Gasteiger partial charge is 0.242 e. The summed E-state index contributed by atoms with van der Waals surface area (Å²) in [6, 6.07) is 12.9. The van der Waals surface area contributed by atoms with Crippen LogP contribution < -0.4 is 5.32 Å². The lowest BCUT2D eigenvalue weighted by atomic mass is 10.0. The minimum Gasteiger partial charge on any atom is -0.352 e. The fraction of sp³-hybridized carbons (Fsp3) is 0.440. The molecule has 0 unspecified atom stereocenters. The first-order chi connectivity index (χ1) is 14.8. The van der Waals surface area contributed by atoms with Gasteiger partial charge in [-0.15, -0.1) is 0 Å². The molecule has 2 aromatic rings. The Morgan fingerprint density at radius 3 is 2.10 bits per heavy atom. The van der Waals surface area contributed by atoms with Gasteiger partial charge in [0, 0.05) is 34.6 Å². The van der Waals surface area contributed by atoms with Gasteiger partial charge in [0.1, 0.15) is 6.04 Å². The number of nitrogens with zero attached hydrogens (tertiary/aromatic N) is 1. The summed E-state index contributed by atoms with van der Waals surface area (Å²) in [4.78, 5) is 27.6. The number of rotatable bonds is 10. The van der Waals surface area contributed by atoms with Crippen molar-refractivity contribution in [3.05, 3.63) is 69.2 Å². The monoisotopic (exact) mass is 462 g/mol. The normalized spacial score (nSPS) is 12.8. The van der Waals surface area contributed by atoms with E-state index in [9.17, 15) is 9.59 Å². The lowest BCUT2D eigenvalue weighted by molar-refractivity contribution is -0.140. The Kier molecular flexibility index (Phi) is 9.86. The van der Waals surface area contributed by atoms with Crippen LogP contribution in [-0.2, 0) is 29.0 Å². The van der Waals surface area contributed by atoms with Crippen molar-refractivity contribution >= 4 is 35.0 Å². The minimum atomic E-state index is -0.642. The highest BCUT2D eigenvalue weighted by atomic mass is 35.5. The number of hydrogen-bond acceptors (Lipinski definition) is 2. The predicted molar refractivity (Wildman–Crippen MR) is 129 cm³/mol. The van der Waals surface area contributed by atoms with Gasteiger partial charge in [-0.25, -0.2) is 0 Å². The number of benzene rings is 2. The van der Waals surface area contributed by atoms with Crippen LogP contribution in [0.1, 0.15) is 57.2 Å². The highest BCUT2D eigenvalue weighted by molar-refractivity contribution is 6.36. The van der Waals surface area contributed by atoms with Gasteiger partial charge in [-0.05, 0) is 56.4 Å². The Morgan fingerprint density at radius 1 is 0.968 bits per heavy atom. The minimum absolute atomic E-state index is 0.0351. The van der Waals surface area contributed by atoms with E-state index >= 15 is 0 Å². The summed E-state index contributed by atoms with van der Waals surface area (Å²) < 4.78 is 0. The second kappa shape index (κ2) is 12.1. The Bertz CT molecular complexity index is 863. The fourth-order valence-electron chi connectivity index (χ4n) is 3.24.